The van der Waals surface area contributed by atoms with E-state index < -0.39 is 24.0 Å². The molecule has 1 rings (SSSR count). The highest BCUT2D eigenvalue weighted by molar-refractivity contribution is 5.91. The van der Waals surface area contributed by atoms with Crippen molar-refractivity contribution in [3.63, 3.8) is 0 Å². The van der Waals surface area contributed by atoms with Crippen LogP contribution in [-0.2, 0) is 14.3 Å². The van der Waals surface area contributed by atoms with E-state index in [2.05, 4.69) is 4.74 Å². The molecule has 0 aliphatic rings. The van der Waals surface area contributed by atoms with Gasteiger partial charge in [-0.15, -0.1) is 0 Å². The highest BCUT2D eigenvalue weighted by atomic mass is 19.4. The molecule has 0 aliphatic carbocycles. The van der Waals surface area contributed by atoms with Gasteiger partial charge in [0.25, 0.3) is 0 Å². The summed E-state index contributed by atoms with van der Waals surface area (Å²) in [6.45, 7) is 1.34. The largest absolute Gasteiger partial charge is 0.497 e. The van der Waals surface area contributed by atoms with Gasteiger partial charge in [0.1, 0.15) is 5.75 Å². The molecule has 1 unspecified atom stereocenters. The summed E-state index contributed by atoms with van der Waals surface area (Å²) in [4.78, 5) is 21.9. The number of esters is 2. The van der Waals surface area contributed by atoms with Crippen LogP contribution >= 0.6 is 0 Å². The molecule has 0 saturated carbocycles. The Hall–Kier alpha value is -2.05. The van der Waals surface area contributed by atoms with Gasteiger partial charge in [0, 0.05) is 0 Å². The summed E-state index contributed by atoms with van der Waals surface area (Å²) in [5.41, 5.74) is 0.417. The van der Waals surface area contributed by atoms with Crippen LogP contribution in [0.1, 0.15) is 18.4 Å². The average Bonchev–Trinajstić information content (AvgIpc) is 2.36. The third-order valence-electron chi connectivity index (χ3n) is 2.39. The van der Waals surface area contributed by atoms with E-state index in [0.717, 1.165) is 0 Å². The van der Waals surface area contributed by atoms with Gasteiger partial charge < -0.3 is 9.47 Å². The molecule has 104 valence electrons. The van der Waals surface area contributed by atoms with E-state index in [1.807, 2.05) is 0 Å². The Labute approximate surface area is 107 Å². The molecule has 1 atom stereocenters. The zero-order valence-electron chi connectivity index (χ0n) is 10.2. The highest BCUT2D eigenvalue weighted by Crippen LogP contribution is 2.22. The predicted octanol–water partition coefficient (Wildman–Crippen LogP) is 2.43. The van der Waals surface area contributed by atoms with Gasteiger partial charge >= 0.3 is 18.1 Å². The maximum atomic E-state index is 11.9. The standard InChI is InChI=1S/C12H11F3O4/c1-7(8-3-5-9(18-2)6-4-8)10(16)19-11(17)12(13,14)15/h3-7H,1-2H3. The normalized spacial score (nSPS) is 12.7. The van der Waals surface area contributed by atoms with Crippen molar-refractivity contribution in [3.05, 3.63) is 29.8 Å². The Balaban J connectivity index is 2.74. The van der Waals surface area contributed by atoms with Gasteiger partial charge in [-0.25, -0.2) is 4.79 Å². The quantitative estimate of drug-likeness (QED) is 0.628. The highest BCUT2D eigenvalue weighted by Gasteiger charge is 2.43. The van der Waals surface area contributed by atoms with Crippen molar-refractivity contribution in [2.45, 2.75) is 19.0 Å². The van der Waals surface area contributed by atoms with E-state index in [1.54, 1.807) is 12.1 Å². The number of hydrogen-bond donors (Lipinski definition) is 0. The number of halogens is 3. The molecule has 1 aromatic rings. The predicted molar refractivity (Wildman–Crippen MR) is 58.6 cm³/mol. The molecule has 0 aliphatic heterocycles. The minimum atomic E-state index is -5.19. The SMILES string of the molecule is COc1ccc(C(C)C(=O)OC(=O)C(F)(F)F)cc1. The van der Waals surface area contributed by atoms with Crippen molar-refractivity contribution in [2.24, 2.45) is 0 Å². The number of carbonyl (C=O) groups is 2. The summed E-state index contributed by atoms with van der Waals surface area (Å²) in [7, 11) is 1.45. The molecule has 0 N–H and O–H groups in total. The molecule has 0 aromatic heterocycles. The molecule has 7 heteroatoms. The van der Waals surface area contributed by atoms with E-state index >= 15 is 0 Å². The summed E-state index contributed by atoms with van der Waals surface area (Å²) >= 11 is 0. The first-order valence-corrected chi connectivity index (χ1v) is 5.22. The Bertz CT molecular complexity index is 465. The second-order valence-corrected chi connectivity index (χ2v) is 3.70. The summed E-state index contributed by atoms with van der Waals surface area (Å²) in [5.74, 6) is -4.22. The van der Waals surface area contributed by atoms with Crippen LogP contribution in [0.5, 0.6) is 5.75 Å². The third-order valence-corrected chi connectivity index (χ3v) is 2.39. The van der Waals surface area contributed by atoms with Crippen molar-refractivity contribution in [3.8, 4) is 5.75 Å². The summed E-state index contributed by atoms with van der Waals surface area (Å²) in [5, 5.41) is 0. The molecule has 0 amide bonds. The van der Waals surface area contributed by atoms with Crippen molar-refractivity contribution >= 4 is 11.9 Å². The second kappa shape index (κ2) is 5.73. The summed E-state index contributed by atoms with van der Waals surface area (Å²) in [6.07, 6.45) is -5.19. The number of ether oxygens (including phenoxy) is 2. The minimum Gasteiger partial charge on any atom is -0.497 e. The molecule has 1 aromatic carbocycles. The summed E-state index contributed by atoms with van der Waals surface area (Å²) < 4.78 is 44.4. The monoisotopic (exact) mass is 276 g/mol. The first-order chi connectivity index (χ1) is 8.75. The van der Waals surface area contributed by atoms with Crippen LogP contribution in [0.2, 0.25) is 0 Å². The molecule has 0 bridgehead atoms. The van der Waals surface area contributed by atoms with Crippen LogP contribution in [0.4, 0.5) is 13.2 Å². The second-order valence-electron chi connectivity index (χ2n) is 3.70. The Morgan fingerprint density at radius 3 is 2.11 bits per heavy atom. The van der Waals surface area contributed by atoms with Crippen molar-refractivity contribution < 1.29 is 32.2 Å². The first kappa shape index (κ1) is 15.0. The summed E-state index contributed by atoms with van der Waals surface area (Å²) in [6, 6.07) is 6.10. The molecule has 19 heavy (non-hydrogen) atoms. The van der Waals surface area contributed by atoms with Gasteiger partial charge in [0.05, 0.1) is 13.0 Å². The third kappa shape index (κ3) is 3.97. The van der Waals surface area contributed by atoms with Gasteiger partial charge in [0.2, 0.25) is 0 Å². The van der Waals surface area contributed by atoms with Gasteiger partial charge in [-0.1, -0.05) is 12.1 Å². The maximum absolute atomic E-state index is 11.9. The van der Waals surface area contributed by atoms with Gasteiger partial charge in [-0.05, 0) is 24.6 Å². The van der Waals surface area contributed by atoms with Crippen LogP contribution in [0.15, 0.2) is 24.3 Å². The number of benzene rings is 1. The van der Waals surface area contributed by atoms with E-state index in [9.17, 15) is 22.8 Å². The maximum Gasteiger partial charge on any atom is 0.491 e. The Morgan fingerprint density at radius 1 is 1.16 bits per heavy atom. The smallest absolute Gasteiger partial charge is 0.491 e. The van der Waals surface area contributed by atoms with E-state index in [1.165, 1.54) is 26.2 Å². The lowest BCUT2D eigenvalue weighted by Gasteiger charge is -2.12. The Kier molecular flexibility index (Phi) is 4.52. The Morgan fingerprint density at radius 2 is 1.68 bits per heavy atom. The van der Waals surface area contributed by atoms with Crippen molar-refractivity contribution in [1.82, 2.24) is 0 Å². The first-order valence-electron chi connectivity index (χ1n) is 5.22. The molecular weight excluding hydrogens is 265 g/mol. The fourth-order valence-electron chi connectivity index (χ4n) is 1.27. The lowest BCUT2D eigenvalue weighted by molar-refractivity contribution is -0.202. The fourth-order valence-corrected chi connectivity index (χ4v) is 1.27. The molecule has 0 heterocycles. The number of hydrogen-bond acceptors (Lipinski definition) is 4. The van der Waals surface area contributed by atoms with Crippen LogP contribution in [0, 0.1) is 0 Å². The van der Waals surface area contributed by atoms with Crippen molar-refractivity contribution in [2.75, 3.05) is 7.11 Å². The number of carbonyl (C=O) groups excluding carboxylic acids is 2. The lowest BCUT2D eigenvalue weighted by atomic mass is 10.0. The van der Waals surface area contributed by atoms with Crippen LogP contribution in [0.25, 0.3) is 0 Å². The lowest BCUT2D eigenvalue weighted by Crippen LogP contribution is -2.29. The molecule has 0 spiro atoms. The van der Waals surface area contributed by atoms with E-state index in [4.69, 9.17) is 4.74 Å². The molecule has 0 fully saturated rings. The van der Waals surface area contributed by atoms with Crippen molar-refractivity contribution in [1.29, 1.82) is 0 Å². The van der Waals surface area contributed by atoms with Gasteiger partial charge in [-0.3, -0.25) is 4.79 Å². The topological polar surface area (TPSA) is 52.6 Å². The molecule has 0 saturated heterocycles. The number of alkyl halides is 3. The van der Waals surface area contributed by atoms with Crippen LogP contribution in [-0.4, -0.2) is 25.2 Å². The minimum absolute atomic E-state index is 0.417. The van der Waals surface area contributed by atoms with Crippen LogP contribution < -0.4 is 4.74 Å². The number of methoxy groups -OCH3 is 1. The number of rotatable bonds is 3. The molecule has 0 radical (unpaired) electrons. The zero-order valence-corrected chi connectivity index (χ0v) is 10.2. The van der Waals surface area contributed by atoms with E-state index in [0.29, 0.717) is 11.3 Å². The molecule has 4 nitrogen and oxygen atoms in total. The van der Waals surface area contributed by atoms with Crippen LogP contribution in [0.3, 0.4) is 0 Å². The van der Waals surface area contributed by atoms with Gasteiger partial charge in [0.15, 0.2) is 0 Å². The van der Waals surface area contributed by atoms with Gasteiger partial charge in [-0.2, -0.15) is 13.2 Å². The average molecular weight is 276 g/mol. The zero-order chi connectivity index (χ0) is 14.6. The van der Waals surface area contributed by atoms with E-state index in [-0.39, 0.29) is 0 Å². The molecular formula is C12H11F3O4. The fraction of sp³-hybridized carbons (Fsp3) is 0.333.